The zero-order chi connectivity index (χ0) is 18.1. The molecule has 0 spiro atoms. The highest BCUT2D eigenvalue weighted by Gasteiger charge is 2.31. The Morgan fingerprint density at radius 2 is 2.04 bits per heavy atom. The first-order valence-corrected chi connectivity index (χ1v) is 9.65. The molecule has 0 amide bonds. The minimum atomic E-state index is -0.295. The Kier molecular flexibility index (Phi) is 4.74. The number of nitrogens with zero attached hydrogens (tertiary/aromatic N) is 4. The van der Waals surface area contributed by atoms with Crippen molar-refractivity contribution < 1.29 is 5.21 Å². The summed E-state index contributed by atoms with van der Waals surface area (Å²) >= 11 is 8.85. The molecule has 2 aromatic rings. The van der Waals surface area contributed by atoms with E-state index in [2.05, 4.69) is 16.1 Å². The third-order valence-electron chi connectivity index (χ3n) is 3.73. The largest absolute Gasteiger partial charge is 0.286 e. The van der Waals surface area contributed by atoms with Gasteiger partial charge in [-0.25, -0.2) is 15.0 Å². The van der Waals surface area contributed by atoms with E-state index in [9.17, 15) is 10.5 Å². The number of benzene rings is 2. The highest BCUT2D eigenvalue weighted by atomic mass is 35.5. The summed E-state index contributed by atoms with van der Waals surface area (Å²) in [5.41, 5.74) is 2.11. The van der Waals surface area contributed by atoms with Crippen molar-refractivity contribution in [3.05, 3.63) is 70.5 Å². The van der Waals surface area contributed by atoms with Crippen LogP contribution in [-0.4, -0.2) is 27.0 Å². The lowest BCUT2D eigenvalue weighted by atomic mass is 10.1. The van der Waals surface area contributed by atoms with E-state index < -0.39 is 0 Å². The standard InChI is InChI=1S/C18H11ClN4OS2/c19-13-2-4-14(5-3-13)25-16-6-1-11(7-12(16)8-20)17-22-15-9-21-10-23(24)18(15)26-17/h1-7,9-10,18,24H. The normalized spacial score (nSPS) is 18.2. The van der Waals surface area contributed by atoms with Crippen LogP contribution in [0.1, 0.15) is 11.1 Å². The van der Waals surface area contributed by atoms with Crippen LogP contribution in [0, 0.1) is 11.3 Å². The first kappa shape index (κ1) is 17.2. The third-order valence-corrected chi connectivity index (χ3v) is 6.29. The van der Waals surface area contributed by atoms with E-state index in [1.165, 1.54) is 29.9 Å². The first-order chi connectivity index (χ1) is 12.6. The Morgan fingerprint density at radius 1 is 1.23 bits per heavy atom. The number of hydrogen-bond acceptors (Lipinski definition) is 7. The highest BCUT2D eigenvalue weighted by Crippen LogP contribution is 2.37. The van der Waals surface area contributed by atoms with Gasteiger partial charge in [0, 0.05) is 20.4 Å². The van der Waals surface area contributed by atoms with Crippen molar-refractivity contribution in [3.8, 4) is 6.07 Å². The monoisotopic (exact) mass is 398 g/mol. The van der Waals surface area contributed by atoms with Crippen molar-refractivity contribution in [3.63, 3.8) is 0 Å². The molecule has 26 heavy (non-hydrogen) atoms. The fourth-order valence-corrected chi connectivity index (χ4v) is 4.52. The molecule has 5 nitrogen and oxygen atoms in total. The minimum Gasteiger partial charge on any atom is -0.286 e. The molecule has 0 aliphatic carbocycles. The SMILES string of the molecule is N#Cc1cc(C2=NC3=CN=CN(O)C3S2)ccc1Sc1ccc(Cl)cc1. The molecule has 2 aliphatic rings. The van der Waals surface area contributed by atoms with Gasteiger partial charge in [0.05, 0.1) is 17.5 Å². The van der Waals surface area contributed by atoms with Crippen LogP contribution in [0.5, 0.6) is 0 Å². The molecule has 0 aromatic heterocycles. The second-order valence-corrected chi connectivity index (χ2v) is 8.09. The maximum Gasteiger partial charge on any atom is 0.152 e. The fourth-order valence-electron chi connectivity index (χ4n) is 2.49. The molecule has 0 bridgehead atoms. The molecular formula is C18H11ClN4OS2. The van der Waals surface area contributed by atoms with Crippen LogP contribution in [0.2, 0.25) is 5.02 Å². The number of halogens is 1. The number of nitriles is 1. The van der Waals surface area contributed by atoms with Crippen LogP contribution in [0.3, 0.4) is 0 Å². The van der Waals surface area contributed by atoms with Gasteiger partial charge in [-0.15, -0.1) is 0 Å². The van der Waals surface area contributed by atoms with E-state index in [1.807, 2.05) is 42.5 Å². The highest BCUT2D eigenvalue weighted by molar-refractivity contribution is 8.15. The maximum absolute atomic E-state index is 9.86. The Balaban J connectivity index is 1.61. The Labute approximate surface area is 163 Å². The van der Waals surface area contributed by atoms with Crippen molar-refractivity contribution in [2.24, 2.45) is 9.98 Å². The van der Waals surface area contributed by atoms with Gasteiger partial charge >= 0.3 is 0 Å². The van der Waals surface area contributed by atoms with Crippen molar-refractivity contribution >= 4 is 46.5 Å². The van der Waals surface area contributed by atoms with Crippen molar-refractivity contribution in [2.75, 3.05) is 0 Å². The number of rotatable bonds is 3. The maximum atomic E-state index is 9.86. The Morgan fingerprint density at radius 3 is 2.77 bits per heavy atom. The van der Waals surface area contributed by atoms with Crippen LogP contribution >= 0.6 is 35.1 Å². The van der Waals surface area contributed by atoms with Gasteiger partial charge in [-0.1, -0.05) is 41.2 Å². The van der Waals surface area contributed by atoms with Gasteiger partial charge in [0.2, 0.25) is 0 Å². The molecule has 2 aliphatic heterocycles. The number of hydrogen-bond donors (Lipinski definition) is 1. The van der Waals surface area contributed by atoms with Gasteiger partial charge in [-0.2, -0.15) is 5.26 Å². The molecule has 1 atom stereocenters. The average molecular weight is 399 g/mol. The lowest BCUT2D eigenvalue weighted by Gasteiger charge is -2.20. The van der Waals surface area contributed by atoms with Crippen molar-refractivity contribution in [1.82, 2.24) is 5.06 Å². The number of aliphatic imine (C=N–C) groups is 2. The van der Waals surface area contributed by atoms with E-state index in [0.29, 0.717) is 16.3 Å². The van der Waals surface area contributed by atoms with E-state index in [4.69, 9.17) is 11.6 Å². The predicted molar refractivity (Wildman–Crippen MR) is 105 cm³/mol. The predicted octanol–water partition coefficient (Wildman–Crippen LogP) is 4.76. The van der Waals surface area contributed by atoms with Crippen LogP contribution < -0.4 is 0 Å². The summed E-state index contributed by atoms with van der Waals surface area (Å²) in [6, 6.07) is 15.4. The topological polar surface area (TPSA) is 72.0 Å². The van der Waals surface area contributed by atoms with E-state index in [0.717, 1.165) is 25.5 Å². The molecule has 2 heterocycles. The first-order valence-electron chi connectivity index (χ1n) is 7.58. The quantitative estimate of drug-likeness (QED) is 0.807. The average Bonchev–Trinajstić information content (AvgIpc) is 3.09. The second kappa shape index (κ2) is 7.17. The van der Waals surface area contributed by atoms with E-state index in [-0.39, 0.29) is 5.37 Å². The van der Waals surface area contributed by atoms with Gasteiger partial charge in [0.1, 0.15) is 17.5 Å². The van der Waals surface area contributed by atoms with Crippen molar-refractivity contribution in [1.29, 1.82) is 5.26 Å². The molecule has 0 radical (unpaired) electrons. The fraction of sp³-hybridized carbons (Fsp3) is 0.0556. The van der Waals surface area contributed by atoms with Gasteiger partial charge in [0.15, 0.2) is 5.37 Å². The zero-order valence-electron chi connectivity index (χ0n) is 13.2. The van der Waals surface area contributed by atoms with Gasteiger partial charge in [-0.3, -0.25) is 5.21 Å². The summed E-state index contributed by atoms with van der Waals surface area (Å²) in [6.45, 7) is 0. The summed E-state index contributed by atoms with van der Waals surface area (Å²) < 4.78 is 0. The number of hydroxylamine groups is 2. The summed E-state index contributed by atoms with van der Waals surface area (Å²) in [5, 5.41) is 21.6. The summed E-state index contributed by atoms with van der Waals surface area (Å²) in [4.78, 5) is 10.3. The second-order valence-electron chi connectivity index (χ2n) is 5.46. The van der Waals surface area contributed by atoms with Crippen LogP contribution in [0.25, 0.3) is 0 Å². The van der Waals surface area contributed by atoms with E-state index in [1.54, 1.807) is 6.20 Å². The minimum absolute atomic E-state index is 0.295. The summed E-state index contributed by atoms with van der Waals surface area (Å²) in [7, 11) is 0. The lowest BCUT2D eigenvalue weighted by molar-refractivity contribution is -0.0108. The molecule has 4 rings (SSSR count). The van der Waals surface area contributed by atoms with Crippen LogP contribution in [0.4, 0.5) is 0 Å². The molecule has 0 fully saturated rings. The molecule has 1 N–H and O–H groups in total. The molecule has 0 saturated heterocycles. The third kappa shape index (κ3) is 3.37. The van der Waals surface area contributed by atoms with Gasteiger partial charge in [0.25, 0.3) is 0 Å². The summed E-state index contributed by atoms with van der Waals surface area (Å²) in [5.74, 6) is 0. The van der Waals surface area contributed by atoms with Crippen molar-refractivity contribution in [2.45, 2.75) is 15.2 Å². The lowest BCUT2D eigenvalue weighted by Crippen LogP contribution is -2.30. The van der Waals surface area contributed by atoms with Crippen LogP contribution in [-0.2, 0) is 0 Å². The van der Waals surface area contributed by atoms with Crippen LogP contribution in [0.15, 0.2) is 74.1 Å². The Hall–Kier alpha value is -2.24. The van der Waals surface area contributed by atoms with Gasteiger partial charge in [-0.05, 0) is 36.4 Å². The number of fused-ring (bicyclic) bond motifs is 1. The Bertz CT molecular complexity index is 995. The zero-order valence-corrected chi connectivity index (χ0v) is 15.6. The van der Waals surface area contributed by atoms with Gasteiger partial charge < -0.3 is 0 Å². The molecule has 0 saturated carbocycles. The smallest absolute Gasteiger partial charge is 0.152 e. The molecule has 8 heteroatoms. The number of thioether (sulfide) groups is 1. The molecule has 128 valence electrons. The molecule has 2 aromatic carbocycles. The molecule has 1 unspecified atom stereocenters. The molecular weight excluding hydrogens is 388 g/mol. The summed E-state index contributed by atoms with van der Waals surface area (Å²) in [6.07, 6.45) is 2.99. The van der Waals surface area contributed by atoms with E-state index >= 15 is 0 Å².